The summed E-state index contributed by atoms with van der Waals surface area (Å²) >= 11 is 0. The van der Waals surface area contributed by atoms with E-state index in [1.165, 1.54) is 7.11 Å². The van der Waals surface area contributed by atoms with Crippen LogP contribution in [-0.2, 0) is 4.74 Å². The zero-order valence-electron chi connectivity index (χ0n) is 11.7. The van der Waals surface area contributed by atoms with Gasteiger partial charge >= 0.3 is 6.09 Å². The van der Waals surface area contributed by atoms with Gasteiger partial charge in [-0.05, 0) is 12.5 Å². The van der Waals surface area contributed by atoms with Crippen LogP contribution in [0.15, 0.2) is 42.5 Å². The predicted molar refractivity (Wildman–Crippen MR) is 75.4 cm³/mol. The Hall–Kier alpha value is -1.81. The SMILES string of the molecule is COC(=O)N1[C@@H]2C=C[C@H]1C[C@@](C)(O)[C@H]2c1ccccc1. The Labute approximate surface area is 118 Å². The lowest BCUT2D eigenvalue weighted by Crippen LogP contribution is -2.57. The van der Waals surface area contributed by atoms with Crippen LogP contribution in [0.3, 0.4) is 0 Å². The van der Waals surface area contributed by atoms with E-state index in [9.17, 15) is 9.90 Å². The van der Waals surface area contributed by atoms with Crippen LogP contribution in [0.2, 0.25) is 0 Å². The van der Waals surface area contributed by atoms with E-state index in [-0.39, 0.29) is 24.1 Å². The number of piperidine rings is 1. The number of carbonyl (C=O) groups excluding carboxylic acids is 1. The molecular formula is C16H19NO3. The van der Waals surface area contributed by atoms with Gasteiger partial charge in [0.05, 0.1) is 24.8 Å². The molecule has 4 heteroatoms. The topological polar surface area (TPSA) is 49.8 Å². The maximum absolute atomic E-state index is 12.0. The molecule has 20 heavy (non-hydrogen) atoms. The fourth-order valence-electron chi connectivity index (χ4n) is 3.58. The van der Waals surface area contributed by atoms with Crippen molar-refractivity contribution >= 4 is 6.09 Å². The van der Waals surface area contributed by atoms with Crippen molar-refractivity contribution in [3.63, 3.8) is 0 Å². The van der Waals surface area contributed by atoms with Crippen molar-refractivity contribution in [3.05, 3.63) is 48.0 Å². The highest BCUT2D eigenvalue weighted by atomic mass is 16.5. The van der Waals surface area contributed by atoms with E-state index < -0.39 is 5.60 Å². The van der Waals surface area contributed by atoms with E-state index in [1.807, 2.05) is 49.4 Å². The zero-order chi connectivity index (χ0) is 14.3. The molecule has 2 heterocycles. The van der Waals surface area contributed by atoms with Crippen LogP contribution < -0.4 is 0 Å². The predicted octanol–water partition coefficient (Wildman–Crippen LogP) is 2.30. The molecule has 0 aliphatic carbocycles. The molecule has 0 aromatic heterocycles. The van der Waals surface area contributed by atoms with Gasteiger partial charge in [0.1, 0.15) is 0 Å². The van der Waals surface area contributed by atoms with Crippen LogP contribution >= 0.6 is 0 Å². The van der Waals surface area contributed by atoms with Crippen molar-refractivity contribution in [1.82, 2.24) is 4.90 Å². The van der Waals surface area contributed by atoms with Crippen LogP contribution in [0, 0.1) is 0 Å². The van der Waals surface area contributed by atoms with Gasteiger partial charge in [0, 0.05) is 12.3 Å². The van der Waals surface area contributed by atoms with E-state index in [4.69, 9.17) is 4.74 Å². The van der Waals surface area contributed by atoms with E-state index in [0.29, 0.717) is 6.42 Å². The summed E-state index contributed by atoms with van der Waals surface area (Å²) in [4.78, 5) is 13.7. The minimum Gasteiger partial charge on any atom is -0.453 e. The second-order valence-corrected chi connectivity index (χ2v) is 5.77. The largest absolute Gasteiger partial charge is 0.453 e. The van der Waals surface area contributed by atoms with Crippen molar-refractivity contribution in [1.29, 1.82) is 0 Å². The van der Waals surface area contributed by atoms with Crippen LogP contribution in [-0.4, -0.2) is 40.9 Å². The van der Waals surface area contributed by atoms with Crippen LogP contribution in [0.4, 0.5) is 4.79 Å². The van der Waals surface area contributed by atoms with Crippen molar-refractivity contribution in [2.75, 3.05) is 7.11 Å². The first-order valence-electron chi connectivity index (χ1n) is 6.86. The van der Waals surface area contributed by atoms with Gasteiger partial charge in [-0.2, -0.15) is 0 Å². The number of methoxy groups -OCH3 is 1. The van der Waals surface area contributed by atoms with E-state index in [1.54, 1.807) is 4.90 Å². The third-order valence-corrected chi connectivity index (χ3v) is 4.39. The quantitative estimate of drug-likeness (QED) is 0.799. The Morgan fingerprint density at radius 3 is 2.70 bits per heavy atom. The first-order valence-corrected chi connectivity index (χ1v) is 6.86. The maximum Gasteiger partial charge on any atom is 0.410 e. The molecule has 1 saturated heterocycles. The molecule has 0 spiro atoms. The van der Waals surface area contributed by atoms with Crippen molar-refractivity contribution < 1.29 is 14.6 Å². The molecule has 4 atom stereocenters. The third-order valence-electron chi connectivity index (χ3n) is 4.39. The van der Waals surface area contributed by atoms with Gasteiger partial charge in [0.25, 0.3) is 0 Å². The zero-order valence-corrected chi connectivity index (χ0v) is 11.7. The number of ether oxygens (including phenoxy) is 1. The summed E-state index contributed by atoms with van der Waals surface area (Å²) in [7, 11) is 1.39. The monoisotopic (exact) mass is 273 g/mol. The molecule has 1 amide bonds. The van der Waals surface area contributed by atoms with Crippen LogP contribution in [0.5, 0.6) is 0 Å². The first-order chi connectivity index (χ1) is 9.54. The molecule has 1 aromatic rings. The Morgan fingerprint density at radius 1 is 1.35 bits per heavy atom. The summed E-state index contributed by atoms with van der Waals surface area (Å²) in [6, 6.07) is 9.63. The van der Waals surface area contributed by atoms with Crippen molar-refractivity contribution in [3.8, 4) is 0 Å². The summed E-state index contributed by atoms with van der Waals surface area (Å²) in [5.74, 6) is -0.141. The van der Waals surface area contributed by atoms with Crippen LogP contribution in [0.25, 0.3) is 0 Å². The van der Waals surface area contributed by atoms with Crippen LogP contribution in [0.1, 0.15) is 24.8 Å². The Morgan fingerprint density at radius 2 is 2.05 bits per heavy atom. The van der Waals surface area contributed by atoms with Gasteiger partial charge in [-0.3, -0.25) is 4.90 Å². The fraction of sp³-hybridized carbons (Fsp3) is 0.438. The number of aliphatic hydroxyl groups is 1. The van der Waals surface area contributed by atoms with Crippen molar-refractivity contribution in [2.24, 2.45) is 0 Å². The molecule has 0 radical (unpaired) electrons. The molecular weight excluding hydrogens is 254 g/mol. The molecule has 1 N–H and O–H groups in total. The summed E-state index contributed by atoms with van der Waals surface area (Å²) in [6.07, 6.45) is 4.20. The molecule has 106 valence electrons. The van der Waals surface area contributed by atoms with Gasteiger partial charge in [-0.15, -0.1) is 0 Å². The molecule has 2 aliphatic heterocycles. The van der Waals surface area contributed by atoms with E-state index in [2.05, 4.69) is 0 Å². The molecule has 2 aliphatic rings. The summed E-state index contributed by atoms with van der Waals surface area (Å²) in [5.41, 5.74) is 0.200. The van der Waals surface area contributed by atoms with Crippen molar-refractivity contribution in [2.45, 2.75) is 36.9 Å². The van der Waals surface area contributed by atoms with E-state index in [0.717, 1.165) is 5.56 Å². The normalized spacial score (nSPS) is 35.1. The Balaban J connectivity index is 2.02. The van der Waals surface area contributed by atoms with Gasteiger partial charge < -0.3 is 9.84 Å². The lowest BCUT2D eigenvalue weighted by molar-refractivity contribution is -0.0480. The smallest absolute Gasteiger partial charge is 0.410 e. The number of nitrogens with zero attached hydrogens (tertiary/aromatic N) is 1. The summed E-state index contributed by atoms with van der Waals surface area (Å²) < 4.78 is 4.89. The highest BCUT2D eigenvalue weighted by Crippen LogP contribution is 2.46. The number of benzene rings is 1. The average Bonchev–Trinajstić information content (AvgIpc) is 2.75. The highest BCUT2D eigenvalue weighted by Gasteiger charge is 2.52. The van der Waals surface area contributed by atoms with Gasteiger partial charge in [0.15, 0.2) is 0 Å². The number of rotatable bonds is 1. The second kappa shape index (κ2) is 4.63. The molecule has 4 nitrogen and oxygen atoms in total. The fourth-order valence-corrected chi connectivity index (χ4v) is 3.58. The van der Waals surface area contributed by atoms with E-state index >= 15 is 0 Å². The minimum atomic E-state index is -0.843. The molecule has 0 unspecified atom stereocenters. The number of carbonyl (C=O) groups is 1. The third kappa shape index (κ3) is 1.91. The molecule has 1 aromatic carbocycles. The number of amides is 1. The van der Waals surface area contributed by atoms with Gasteiger partial charge in [-0.25, -0.2) is 4.79 Å². The summed E-state index contributed by atoms with van der Waals surface area (Å²) in [6.45, 7) is 1.85. The second-order valence-electron chi connectivity index (χ2n) is 5.77. The molecule has 1 fully saturated rings. The molecule has 3 rings (SSSR count). The molecule has 0 saturated carbocycles. The number of hydrogen-bond donors (Lipinski definition) is 1. The summed E-state index contributed by atoms with van der Waals surface area (Å²) in [5, 5.41) is 10.8. The standard InChI is InChI=1S/C16H19NO3/c1-16(19)10-12-8-9-13(17(12)15(18)20-2)14(16)11-6-4-3-5-7-11/h3-9,12-14,19H,10H2,1-2H3/t12-,13+,14-,16+/m0/s1. The average molecular weight is 273 g/mol. The maximum atomic E-state index is 12.0. The van der Waals surface area contributed by atoms with Gasteiger partial charge in [0.2, 0.25) is 0 Å². The number of fused-ring (bicyclic) bond motifs is 2. The number of hydrogen-bond acceptors (Lipinski definition) is 3. The van der Waals surface area contributed by atoms with Gasteiger partial charge in [-0.1, -0.05) is 42.5 Å². The highest BCUT2D eigenvalue weighted by molar-refractivity contribution is 5.70. The Bertz CT molecular complexity index is 538. The lowest BCUT2D eigenvalue weighted by Gasteiger charge is -2.47. The minimum absolute atomic E-state index is 0.0811. The Kier molecular flexibility index (Phi) is 3.05. The molecule has 2 bridgehead atoms. The first kappa shape index (κ1) is 13.2. The lowest BCUT2D eigenvalue weighted by atomic mass is 9.73.